The molecule has 0 aromatic heterocycles. The Hall–Kier alpha value is -1.71. The summed E-state index contributed by atoms with van der Waals surface area (Å²) in [5.74, 6) is 0.775. The van der Waals surface area contributed by atoms with E-state index < -0.39 is 5.97 Å². The van der Waals surface area contributed by atoms with Gasteiger partial charge in [0.05, 0.1) is 26.9 Å². The van der Waals surface area contributed by atoms with Crippen LogP contribution in [-0.2, 0) is 4.74 Å². The maximum absolute atomic E-state index is 11.4. The van der Waals surface area contributed by atoms with Gasteiger partial charge in [0.1, 0.15) is 11.5 Å². The van der Waals surface area contributed by atoms with Gasteiger partial charge in [0.2, 0.25) is 0 Å². The minimum Gasteiger partial charge on any atom is -0.497 e. The Morgan fingerprint density at radius 1 is 1.13 bits per heavy atom. The van der Waals surface area contributed by atoms with Crippen molar-refractivity contribution in [2.45, 2.75) is 6.92 Å². The number of hydrogen-bond donors (Lipinski definition) is 0. The molecule has 1 aromatic rings. The molecule has 0 aliphatic rings. The molecule has 0 saturated heterocycles. The lowest BCUT2D eigenvalue weighted by molar-refractivity contribution is 0.0599. The molecule has 0 atom stereocenters. The van der Waals surface area contributed by atoms with E-state index in [2.05, 4.69) is 4.74 Å². The molecule has 82 valence electrons. The second-order valence-corrected chi connectivity index (χ2v) is 2.99. The fourth-order valence-electron chi connectivity index (χ4n) is 1.31. The fraction of sp³-hybridized carbons (Fsp3) is 0.364. The lowest BCUT2D eigenvalue weighted by atomic mass is 10.1. The van der Waals surface area contributed by atoms with Gasteiger partial charge in [-0.1, -0.05) is 0 Å². The molecule has 0 aliphatic heterocycles. The molecule has 0 fully saturated rings. The van der Waals surface area contributed by atoms with Gasteiger partial charge in [0.15, 0.2) is 0 Å². The summed E-state index contributed by atoms with van der Waals surface area (Å²) in [5, 5.41) is 0. The second-order valence-electron chi connectivity index (χ2n) is 2.99. The van der Waals surface area contributed by atoms with Gasteiger partial charge in [-0.05, 0) is 13.0 Å². The van der Waals surface area contributed by atoms with E-state index in [0.29, 0.717) is 17.1 Å². The SMILES string of the molecule is COC(=O)c1cc(OC)cc(OC)c1C. The fourth-order valence-corrected chi connectivity index (χ4v) is 1.31. The van der Waals surface area contributed by atoms with E-state index in [9.17, 15) is 4.79 Å². The lowest BCUT2D eigenvalue weighted by Crippen LogP contribution is -2.05. The molecular formula is C11H14O4. The summed E-state index contributed by atoms with van der Waals surface area (Å²) in [6.07, 6.45) is 0. The van der Waals surface area contributed by atoms with Crippen LogP contribution < -0.4 is 9.47 Å². The molecule has 1 rings (SSSR count). The van der Waals surface area contributed by atoms with E-state index in [1.807, 2.05) is 0 Å². The normalized spacial score (nSPS) is 9.60. The van der Waals surface area contributed by atoms with Crippen LogP contribution >= 0.6 is 0 Å². The molecule has 4 nitrogen and oxygen atoms in total. The number of hydrogen-bond acceptors (Lipinski definition) is 4. The molecule has 0 spiro atoms. The van der Waals surface area contributed by atoms with E-state index in [1.54, 1.807) is 26.2 Å². The highest BCUT2D eigenvalue weighted by Gasteiger charge is 2.14. The lowest BCUT2D eigenvalue weighted by Gasteiger charge is -2.11. The van der Waals surface area contributed by atoms with Gasteiger partial charge in [-0.2, -0.15) is 0 Å². The summed E-state index contributed by atoms with van der Waals surface area (Å²) >= 11 is 0. The van der Waals surface area contributed by atoms with Crippen LogP contribution in [0.5, 0.6) is 11.5 Å². The van der Waals surface area contributed by atoms with Gasteiger partial charge in [-0.15, -0.1) is 0 Å². The van der Waals surface area contributed by atoms with Crippen LogP contribution in [0, 0.1) is 6.92 Å². The molecule has 0 radical (unpaired) electrons. The third-order valence-corrected chi connectivity index (χ3v) is 2.19. The van der Waals surface area contributed by atoms with Crippen molar-refractivity contribution in [3.63, 3.8) is 0 Å². The molecule has 0 N–H and O–H groups in total. The van der Waals surface area contributed by atoms with Crippen LogP contribution in [0.25, 0.3) is 0 Å². The number of methoxy groups -OCH3 is 3. The van der Waals surface area contributed by atoms with Crippen molar-refractivity contribution in [2.24, 2.45) is 0 Å². The molecule has 1 aromatic carbocycles. The Bertz CT molecular complexity index is 371. The number of carbonyl (C=O) groups is 1. The maximum Gasteiger partial charge on any atom is 0.338 e. The maximum atomic E-state index is 11.4. The van der Waals surface area contributed by atoms with Crippen LogP contribution in [0.15, 0.2) is 12.1 Å². The summed E-state index contributed by atoms with van der Waals surface area (Å²) in [7, 11) is 4.42. The first kappa shape index (κ1) is 11.4. The van der Waals surface area contributed by atoms with E-state index in [4.69, 9.17) is 9.47 Å². The molecule has 0 saturated carbocycles. The van der Waals surface area contributed by atoms with Gasteiger partial charge in [0.25, 0.3) is 0 Å². The van der Waals surface area contributed by atoms with E-state index in [0.717, 1.165) is 5.56 Å². The van der Waals surface area contributed by atoms with Crippen LogP contribution in [0.2, 0.25) is 0 Å². The van der Waals surface area contributed by atoms with Crippen molar-refractivity contribution in [3.8, 4) is 11.5 Å². The van der Waals surface area contributed by atoms with Crippen LogP contribution in [-0.4, -0.2) is 27.3 Å². The summed E-state index contributed by atoms with van der Waals surface area (Å²) in [6.45, 7) is 1.80. The third-order valence-electron chi connectivity index (χ3n) is 2.19. The number of ether oxygens (including phenoxy) is 3. The zero-order chi connectivity index (χ0) is 11.4. The van der Waals surface area contributed by atoms with Crippen molar-refractivity contribution < 1.29 is 19.0 Å². The predicted octanol–water partition coefficient (Wildman–Crippen LogP) is 1.80. The first-order valence-corrected chi connectivity index (χ1v) is 4.45. The number of carbonyl (C=O) groups excluding carboxylic acids is 1. The van der Waals surface area contributed by atoms with Crippen molar-refractivity contribution in [3.05, 3.63) is 23.3 Å². The summed E-state index contributed by atoms with van der Waals surface area (Å²) in [5.41, 5.74) is 1.19. The van der Waals surface area contributed by atoms with Gasteiger partial charge in [-0.3, -0.25) is 0 Å². The third kappa shape index (κ3) is 2.21. The molecular weight excluding hydrogens is 196 g/mol. The minimum absolute atomic E-state index is 0.398. The van der Waals surface area contributed by atoms with Gasteiger partial charge in [0, 0.05) is 11.6 Å². The largest absolute Gasteiger partial charge is 0.497 e. The first-order chi connectivity index (χ1) is 7.13. The minimum atomic E-state index is -0.398. The quantitative estimate of drug-likeness (QED) is 0.713. The topological polar surface area (TPSA) is 44.8 Å². The van der Waals surface area contributed by atoms with Gasteiger partial charge in [-0.25, -0.2) is 4.79 Å². The Morgan fingerprint density at radius 3 is 2.27 bits per heavy atom. The van der Waals surface area contributed by atoms with Crippen LogP contribution in [0.1, 0.15) is 15.9 Å². The van der Waals surface area contributed by atoms with E-state index >= 15 is 0 Å². The highest BCUT2D eigenvalue weighted by molar-refractivity contribution is 5.92. The average Bonchev–Trinajstić information content (AvgIpc) is 2.28. The molecule has 0 heterocycles. The zero-order valence-electron chi connectivity index (χ0n) is 9.29. The van der Waals surface area contributed by atoms with Crippen molar-refractivity contribution in [1.82, 2.24) is 0 Å². The van der Waals surface area contributed by atoms with E-state index in [1.165, 1.54) is 14.2 Å². The average molecular weight is 210 g/mol. The highest BCUT2D eigenvalue weighted by atomic mass is 16.5. The van der Waals surface area contributed by atoms with Crippen molar-refractivity contribution >= 4 is 5.97 Å². The second kappa shape index (κ2) is 4.68. The number of esters is 1. The molecule has 0 unspecified atom stereocenters. The molecule has 0 amide bonds. The summed E-state index contributed by atoms with van der Waals surface area (Å²) in [4.78, 5) is 11.4. The van der Waals surface area contributed by atoms with Crippen molar-refractivity contribution in [2.75, 3.05) is 21.3 Å². The van der Waals surface area contributed by atoms with Gasteiger partial charge < -0.3 is 14.2 Å². The summed E-state index contributed by atoms with van der Waals surface area (Å²) in [6, 6.07) is 3.35. The smallest absolute Gasteiger partial charge is 0.338 e. The molecule has 0 bridgehead atoms. The Kier molecular flexibility index (Phi) is 3.55. The highest BCUT2D eigenvalue weighted by Crippen LogP contribution is 2.28. The zero-order valence-corrected chi connectivity index (χ0v) is 9.29. The standard InChI is InChI=1S/C11H14O4/c1-7-9(11(12)15-4)5-8(13-2)6-10(7)14-3/h5-6H,1-4H3. The van der Waals surface area contributed by atoms with Crippen LogP contribution in [0.3, 0.4) is 0 Å². The first-order valence-electron chi connectivity index (χ1n) is 4.45. The monoisotopic (exact) mass is 210 g/mol. The number of rotatable bonds is 3. The molecule has 15 heavy (non-hydrogen) atoms. The number of benzene rings is 1. The van der Waals surface area contributed by atoms with Crippen LogP contribution in [0.4, 0.5) is 0 Å². The summed E-state index contributed by atoms with van der Waals surface area (Å²) < 4.78 is 14.9. The Morgan fingerprint density at radius 2 is 1.80 bits per heavy atom. The Balaban J connectivity index is 3.30. The molecule has 4 heteroatoms. The van der Waals surface area contributed by atoms with E-state index in [-0.39, 0.29) is 0 Å². The molecule has 0 aliphatic carbocycles. The Labute approximate surface area is 88.8 Å². The van der Waals surface area contributed by atoms with Gasteiger partial charge >= 0.3 is 5.97 Å². The predicted molar refractivity (Wildman–Crippen MR) is 55.6 cm³/mol. The van der Waals surface area contributed by atoms with Crippen molar-refractivity contribution in [1.29, 1.82) is 0 Å².